The van der Waals surface area contributed by atoms with Crippen LogP contribution in [-0.2, 0) is 0 Å². The molecule has 3 rings (SSSR count). The molecule has 0 radical (unpaired) electrons. The highest BCUT2D eigenvalue weighted by molar-refractivity contribution is 7.80. The Morgan fingerprint density at radius 3 is 2.67 bits per heavy atom. The monoisotopic (exact) mass is 297 g/mol. The Labute approximate surface area is 130 Å². The maximum absolute atomic E-state index is 12.5. The molecule has 0 aliphatic carbocycles. The van der Waals surface area contributed by atoms with Crippen LogP contribution in [-0.4, -0.2) is 10.8 Å². The fourth-order valence-electron chi connectivity index (χ4n) is 3.00. The molecular weight excluding hydrogens is 278 g/mol. The molecule has 2 nitrogen and oxygen atoms in total. The molecule has 0 fully saturated rings. The van der Waals surface area contributed by atoms with E-state index in [-0.39, 0.29) is 5.78 Å². The molecule has 1 aliphatic heterocycles. The van der Waals surface area contributed by atoms with E-state index in [1.165, 1.54) is 0 Å². The van der Waals surface area contributed by atoms with Gasteiger partial charge >= 0.3 is 0 Å². The summed E-state index contributed by atoms with van der Waals surface area (Å²) < 4.78 is 0. The van der Waals surface area contributed by atoms with Gasteiger partial charge in [-0.2, -0.15) is 0 Å². The van der Waals surface area contributed by atoms with Crippen molar-refractivity contribution in [2.75, 3.05) is 5.32 Å². The normalized spacial score (nSPS) is 18.8. The molecule has 0 amide bonds. The first-order chi connectivity index (χ1) is 10.2. The Morgan fingerprint density at radius 1 is 1.24 bits per heavy atom. The van der Waals surface area contributed by atoms with Gasteiger partial charge in [-0.1, -0.05) is 49.8 Å². The van der Waals surface area contributed by atoms with Gasteiger partial charge in [-0.25, -0.2) is 0 Å². The number of carbonyl (C=O) groups excluding carboxylic acids is 1. The quantitative estimate of drug-likeness (QED) is 0.793. The van der Waals surface area contributed by atoms with Crippen LogP contribution >= 0.6 is 12.2 Å². The number of hydrogen-bond donors (Lipinski definition) is 1. The summed E-state index contributed by atoms with van der Waals surface area (Å²) in [5, 5.41) is 5.56. The average molecular weight is 297 g/mol. The van der Waals surface area contributed by atoms with E-state index >= 15 is 0 Å². The van der Waals surface area contributed by atoms with Gasteiger partial charge in [-0.05, 0) is 35.7 Å². The number of benzene rings is 2. The molecule has 0 saturated carbocycles. The molecule has 0 saturated heterocycles. The summed E-state index contributed by atoms with van der Waals surface area (Å²) in [7, 11) is 0. The van der Waals surface area contributed by atoms with Crippen LogP contribution in [0.2, 0.25) is 0 Å². The molecule has 1 aliphatic rings. The number of hydrogen-bond acceptors (Lipinski definition) is 2. The van der Waals surface area contributed by atoms with Gasteiger partial charge < -0.3 is 5.32 Å². The Morgan fingerprint density at radius 2 is 1.95 bits per heavy atom. The Balaban J connectivity index is 2.06. The first-order valence-electron chi connectivity index (χ1n) is 7.56. The number of fused-ring (bicyclic) bond motifs is 2. The van der Waals surface area contributed by atoms with Gasteiger partial charge in [-0.15, -0.1) is 0 Å². The third-order valence-corrected chi connectivity index (χ3v) is 4.61. The predicted octanol–water partition coefficient (Wildman–Crippen LogP) is 4.97. The maximum atomic E-state index is 12.5. The number of nitrogens with one attached hydrogen (secondary N) is 1. The Kier molecular flexibility index (Phi) is 4.02. The number of carbonyl (C=O) groups is 1. The van der Waals surface area contributed by atoms with Gasteiger partial charge in [0.1, 0.15) is 0 Å². The highest BCUT2D eigenvalue weighted by Gasteiger charge is 2.22. The van der Waals surface area contributed by atoms with Crippen LogP contribution in [0, 0.1) is 5.92 Å². The Bertz CT molecular complexity index is 707. The second-order valence-corrected chi connectivity index (χ2v) is 6.12. The number of ketones is 1. The molecule has 1 heterocycles. The van der Waals surface area contributed by atoms with Gasteiger partial charge in [0.2, 0.25) is 0 Å². The van der Waals surface area contributed by atoms with Crippen molar-refractivity contribution < 1.29 is 4.79 Å². The van der Waals surface area contributed by atoms with Gasteiger partial charge in [-0.3, -0.25) is 4.79 Å². The molecule has 1 unspecified atom stereocenters. The lowest BCUT2D eigenvalue weighted by Gasteiger charge is -2.23. The first kappa shape index (κ1) is 14.2. The van der Waals surface area contributed by atoms with Crippen molar-refractivity contribution in [1.29, 1.82) is 0 Å². The van der Waals surface area contributed by atoms with Crippen LogP contribution in [0.4, 0.5) is 5.69 Å². The van der Waals surface area contributed by atoms with E-state index in [1.54, 1.807) is 0 Å². The number of rotatable bonds is 2. The van der Waals surface area contributed by atoms with Gasteiger partial charge in [0.15, 0.2) is 5.78 Å². The zero-order chi connectivity index (χ0) is 14.8. The molecule has 2 aromatic rings. The molecule has 1 atom stereocenters. The second kappa shape index (κ2) is 5.94. The molecule has 0 spiro atoms. The summed E-state index contributed by atoms with van der Waals surface area (Å²) in [5.41, 5.74) is 1.63. The molecule has 2 aromatic carbocycles. The molecule has 1 N–H and O–H groups in total. The SMILES string of the molecule is CCCC1CCC(=O)c2cc3ccccc3cc2NC1=S. The minimum Gasteiger partial charge on any atom is -0.349 e. The van der Waals surface area contributed by atoms with Crippen LogP contribution in [0.25, 0.3) is 10.8 Å². The fourth-order valence-corrected chi connectivity index (χ4v) is 3.35. The number of thiocarbonyl (C=S) groups is 1. The van der Waals surface area contributed by atoms with E-state index in [9.17, 15) is 4.79 Å². The zero-order valence-corrected chi connectivity index (χ0v) is 13.0. The predicted molar refractivity (Wildman–Crippen MR) is 92.1 cm³/mol. The molecule has 3 heteroatoms. The zero-order valence-electron chi connectivity index (χ0n) is 12.2. The van der Waals surface area contributed by atoms with Crippen molar-refractivity contribution in [3.05, 3.63) is 42.0 Å². The van der Waals surface area contributed by atoms with Crippen molar-refractivity contribution in [3.8, 4) is 0 Å². The summed E-state index contributed by atoms with van der Waals surface area (Å²) in [4.78, 5) is 13.4. The molecule has 21 heavy (non-hydrogen) atoms. The van der Waals surface area contributed by atoms with E-state index in [0.717, 1.165) is 46.3 Å². The summed E-state index contributed by atoms with van der Waals surface area (Å²) in [6, 6.07) is 12.1. The van der Waals surface area contributed by atoms with E-state index in [4.69, 9.17) is 12.2 Å². The summed E-state index contributed by atoms with van der Waals surface area (Å²) in [5.74, 6) is 0.528. The third-order valence-electron chi connectivity index (χ3n) is 4.17. The molecular formula is C18H19NOS. The van der Waals surface area contributed by atoms with E-state index in [2.05, 4.69) is 18.3 Å². The van der Waals surface area contributed by atoms with Crippen molar-refractivity contribution in [2.24, 2.45) is 5.92 Å². The van der Waals surface area contributed by atoms with Crippen molar-refractivity contribution in [2.45, 2.75) is 32.6 Å². The first-order valence-corrected chi connectivity index (χ1v) is 7.96. The maximum Gasteiger partial charge on any atom is 0.165 e. The lowest BCUT2D eigenvalue weighted by atomic mass is 9.91. The van der Waals surface area contributed by atoms with E-state index in [0.29, 0.717) is 12.3 Å². The standard InChI is InChI=1S/C18H19NOS/c1-2-5-12-8-9-17(20)15-10-13-6-3-4-7-14(13)11-16(15)19-18(12)21/h3-4,6-7,10-12H,2,5,8-9H2,1H3,(H,19,21). The Hall–Kier alpha value is -1.74. The largest absolute Gasteiger partial charge is 0.349 e. The second-order valence-electron chi connectivity index (χ2n) is 5.68. The molecule has 108 valence electrons. The van der Waals surface area contributed by atoms with Crippen LogP contribution in [0.15, 0.2) is 36.4 Å². The third kappa shape index (κ3) is 2.84. The smallest absolute Gasteiger partial charge is 0.165 e. The van der Waals surface area contributed by atoms with E-state index in [1.807, 2.05) is 30.3 Å². The average Bonchev–Trinajstić information content (AvgIpc) is 2.49. The summed E-state index contributed by atoms with van der Waals surface area (Å²) in [6.07, 6.45) is 3.57. The lowest BCUT2D eigenvalue weighted by Crippen LogP contribution is -2.25. The van der Waals surface area contributed by atoms with Crippen LogP contribution in [0.3, 0.4) is 0 Å². The number of anilines is 1. The van der Waals surface area contributed by atoms with Gasteiger partial charge in [0.05, 0.1) is 10.7 Å². The topological polar surface area (TPSA) is 29.1 Å². The van der Waals surface area contributed by atoms with Gasteiger partial charge in [0.25, 0.3) is 0 Å². The minimum atomic E-state index is 0.215. The van der Waals surface area contributed by atoms with Crippen LogP contribution in [0.1, 0.15) is 43.0 Å². The van der Waals surface area contributed by atoms with E-state index < -0.39 is 0 Å². The molecule has 0 bridgehead atoms. The molecule has 0 aromatic heterocycles. The van der Waals surface area contributed by atoms with Crippen molar-refractivity contribution in [3.63, 3.8) is 0 Å². The van der Waals surface area contributed by atoms with Crippen molar-refractivity contribution >= 4 is 39.4 Å². The highest BCUT2D eigenvalue weighted by Crippen LogP contribution is 2.30. The number of Topliss-reactive ketones (excluding diaryl/α,β-unsaturated/α-hetero) is 1. The van der Waals surface area contributed by atoms with Gasteiger partial charge in [0, 0.05) is 17.9 Å². The van der Waals surface area contributed by atoms with Crippen LogP contribution < -0.4 is 5.32 Å². The lowest BCUT2D eigenvalue weighted by molar-refractivity contribution is 0.0977. The van der Waals surface area contributed by atoms with Crippen molar-refractivity contribution in [1.82, 2.24) is 0 Å². The fraction of sp³-hybridized carbons (Fsp3) is 0.333. The minimum absolute atomic E-state index is 0.215. The summed E-state index contributed by atoms with van der Waals surface area (Å²) in [6.45, 7) is 2.16. The highest BCUT2D eigenvalue weighted by atomic mass is 32.1. The summed E-state index contributed by atoms with van der Waals surface area (Å²) >= 11 is 5.55. The van der Waals surface area contributed by atoms with Crippen LogP contribution in [0.5, 0.6) is 0 Å².